The number of H-pyrrole nitrogens is 1. The Hall–Kier alpha value is -4.63. The lowest BCUT2D eigenvalue weighted by Gasteiger charge is -2.30. The molecule has 1 aliphatic rings. The number of carbonyl (C=O) groups excluding carboxylic acids is 1. The minimum Gasteiger partial charge on any atom is -0.397 e. The standard InChI is InChI=1S/C32H36N6O3/c1-20-24(6-5-7-26(20)37-30(39)21-8-10-22(11-9-21)32(2,3)4)27-19-34-31(40)29(36-27)35-23-12-13-28(25(33)18-23)38-14-16-41-17-15-38/h5-13,18-19H,14-17,33H2,1-4H3,(H,34,40)(H,35,36)(H,37,39). The van der Waals surface area contributed by atoms with Crippen LogP contribution in [-0.4, -0.2) is 42.2 Å². The van der Waals surface area contributed by atoms with Crippen molar-refractivity contribution in [2.45, 2.75) is 33.1 Å². The number of nitrogens with zero attached hydrogens (tertiary/aromatic N) is 2. The fraction of sp³-hybridized carbons (Fsp3) is 0.281. The predicted octanol–water partition coefficient (Wildman–Crippen LogP) is 5.46. The predicted molar refractivity (Wildman–Crippen MR) is 165 cm³/mol. The molecule has 1 aromatic heterocycles. The number of nitrogens with two attached hydrogens (primary N) is 1. The lowest BCUT2D eigenvalue weighted by molar-refractivity contribution is 0.102. The highest BCUT2D eigenvalue weighted by Gasteiger charge is 2.17. The summed E-state index contributed by atoms with van der Waals surface area (Å²) in [6.45, 7) is 11.2. The molecule has 0 saturated carbocycles. The summed E-state index contributed by atoms with van der Waals surface area (Å²) in [5.41, 5.74) is 12.8. The number of rotatable bonds is 6. The quantitative estimate of drug-likeness (QED) is 0.234. The number of aromatic amines is 1. The van der Waals surface area contributed by atoms with Crippen LogP contribution in [-0.2, 0) is 10.2 Å². The average Bonchev–Trinajstić information content (AvgIpc) is 2.95. The molecule has 4 aromatic rings. The highest BCUT2D eigenvalue weighted by molar-refractivity contribution is 6.05. The van der Waals surface area contributed by atoms with E-state index >= 15 is 0 Å². The number of amides is 1. The van der Waals surface area contributed by atoms with Crippen LogP contribution in [0.15, 0.2) is 71.7 Å². The van der Waals surface area contributed by atoms with Gasteiger partial charge in [0.1, 0.15) is 0 Å². The molecule has 212 valence electrons. The van der Waals surface area contributed by atoms with Gasteiger partial charge < -0.3 is 31.0 Å². The Labute approximate surface area is 239 Å². The molecule has 9 heteroatoms. The maximum atomic E-state index is 13.0. The van der Waals surface area contributed by atoms with Gasteiger partial charge in [-0.2, -0.15) is 0 Å². The summed E-state index contributed by atoms with van der Waals surface area (Å²) >= 11 is 0. The second kappa shape index (κ2) is 11.5. The van der Waals surface area contributed by atoms with Crippen molar-refractivity contribution in [1.29, 1.82) is 0 Å². The van der Waals surface area contributed by atoms with Gasteiger partial charge in [-0.05, 0) is 59.9 Å². The molecular formula is C32H36N6O3. The topological polar surface area (TPSA) is 125 Å². The van der Waals surface area contributed by atoms with Gasteiger partial charge in [-0.1, -0.05) is 45.0 Å². The molecule has 0 unspecified atom stereocenters. The number of hydrogen-bond acceptors (Lipinski definition) is 7. The van der Waals surface area contributed by atoms with Crippen molar-refractivity contribution in [2.75, 3.05) is 47.6 Å². The van der Waals surface area contributed by atoms with Gasteiger partial charge in [0, 0.05) is 41.8 Å². The van der Waals surface area contributed by atoms with Crippen LogP contribution in [0, 0.1) is 6.92 Å². The highest BCUT2D eigenvalue weighted by Crippen LogP contribution is 2.30. The van der Waals surface area contributed by atoms with Crippen LogP contribution in [0.2, 0.25) is 0 Å². The van der Waals surface area contributed by atoms with E-state index in [9.17, 15) is 9.59 Å². The van der Waals surface area contributed by atoms with Crippen LogP contribution in [0.3, 0.4) is 0 Å². The molecule has 0 aliphatic carbocycles. The molecule has 0 spiro atoms. The van der Waals surface area contributed by atoms with Gasteiger partial charge >= 0.3 is 0 Å². The zero-order valence-electron chi connectivity index (χ0n) is 23.9. The molecule has 1 amide bonds. The van der Waals surface area contributed by atoms with E-state index < -0.39 is 0 Å². The number of carbonyl (C=O) groups is 1. The lowest BCUT2D eigenvalue weighted by atomic mass is 9.86. The van der Waals surface area contributed by atoms with Crippen molar-refractivity contribution in [3.63, 3.8) is 0 Å². The Kier molecular flexibility index (Phi) is 7.81. The van der Waals surface area contributed by atoms with Crippen molar-refractivity contribution < 1.29 is 9.53 Å². The largest absolute Gasteiger partial charge is 0.397 e. The number of nitrogens with one attached hydrogen (secondary N) is 3. The maximum absolute atomic E-state index is 13.0. The van der Waals surface area contributed by atoms with Gasteiger partial charge in [-0.15, -0.1) is 0 Å². The number of benzene rings is 3. The van der Waals surface area contributed by atoms with Gasteiger partial charge in [0.2, 0.25) is 0 Å². The molecule has 5 rings (SSSR count). The first kappa shape index (κ1) is 27.9. The first-order valence-corrected chi connectivity index (χ1v) is 13.7. The number of hydrogen-bond donors (Lipinski definition) is 4. The third kappa shape index (κ3) is 6.25. The summed E-state index contributed by atoms with van der Waals surface area (Å²) < 4.78 is 5.43. The van der Waals surface area contributed by atoms with Crippen molar-refractivity contribution in [1.82, 2.24) is 9.97 Å². The second-order valence-corrected chi connectivity index (χ2v) is 11.2. The highest BCUT2D eigenvalue weighted by atomic mass is 16.5. The van der Waals surface area contributed by atoms with Gasteiger partial charge in [0.25, 0.3) is 11.5 Å². The van der Waals surface area contributed by atoms with Gasteiger partial charge in [-0.3, -0.25) is 9.59 Å². The van der Waals surface area contributed by atoms with Crippen LogP contribution in [0.25, 0.3) is 11.3 Å². The molecule has 9 nitrogen and oxygen atoms in total. The Morgan fingerprint density at radius 3 is 2.46 bits per heavy atom. The van der Waals surface area contributed by atoms with E-state index in [4.69, 9.17) is 10.5 Å². The average molecular weight is 553 g/mol. The van der Waals surface area contributed by atoms with Crippen molar-refractivity contribution in [3.8, 4) is 11.3 Å². The monoisotopic (exact) mass is 552 g/mol. The number of nitrogen functional groups attached to an aromatic ring is 1. The third-order valence-corrected chi connectivity index (χ3v) is 7.30. The molecule has 0 atom stereocenters. The summed E-state index contributed by atoms with van der Waals surface area (Å²) in [5, 5.41) is 6.13. The number of ether oxygens (including phenoxy) is 1. The number of morpholine rings is 1. The lowest BCUT2D eigenvalue weighted by Crippen LogP contribution is -2.36. The molecule has 5 N–H and O–H groups in total. The van der Waals surface area contributed by atoms with E-state index in [-0.39, 0.29) is 22.7 Å². The second-order valence-electron chi connectivity index (χ2n) is 11.2. The van der Waals surface area contributed by atoms with Crippen molar-refractivity contribution in [3.05, 3.63) is 93.9 Å². The van der Waals surface area contributed by atoms with E-state index in [1.807, 2.05) is 61.5 Å². The van der Waals surface area contributed by atoms with Gasteiger partial charge in [-0.25, -0.2) is 4.98 Å². The summed E-state index contributed by atoms with van der Waals surface area (Å²) in [5.74, 6) is -0.0468. The molecule has 1 fully saturated rings. The van der Waals surface area contributed by atoms with Crippen LogP contribution >= 0.6 is 0 Å². The number of aromatic nitrogens is 2. The summed E-state index contributed by atoms with van der Waals surface area (Å²) in [6, 6.07) is 18.9. The first-order chi connectivity index (χ1) is 19.6. The Morgan fingerprint density at radius 1 is 1.05 bits per heavy atom. The van der Waals surface area contributed by atoms with E-state index in [0.717, 1.165) is 35.5 Å². The minimum absolute atomic E-state index is 0.0102. The maximum Gasteiger partial charge on any atom is 0.291 e. The van der Waals surface area contributed by atoms with Crippen molar-refractivity contribution >= 4 is 34.5 Å². The van der Waals surface area contributed by atoms with Gasteiger partial charge in [0.15, 0.2) is 5.82 Å². The molecule has 3 aromatic carbocycles. The third-order valence-electron chi connectivity index (χ3n) is 7.30. The van der Waals surface area contributed by atoms with Crippen molar-refractivity contribution in [2.24, 2.45) is 0 Å². The molecule has 1 saturated heterocycles. The van der Waals surface area contributed by atoms with Crippen LogP contribution in [0.1, 0.15) is 42.3 Å². The Morgan fingerprint density at radius 2 is 1.78 bits per heavy atom. The van der Waals surface area contributed by atoms with Crippen LogP contribution < -0.4 is 26.8 Å². The van der Waals surface area contributed by atoms with Gasteiger partial charge in [0.05, 0.1) is 30.3 Å². The fourth-order valence-electron chi connectivity index (χ4n) is 4.85. The molecule has 2 heterocycles. The minimum atomic E-state index is -0.356. The smallest absolute Gasteiger partial charge is 0.291 e. The zero-order chi connectivity index (χ0) is 29.1. The van der Waals surface area contributed by atoms with Crippen LogP contribution in [0.5, 0.6) is 0 Å². The number of anilines is 5. The summed E-state index contributed by atoms with van der Waals surface area (Å²) in [4.78, 5) is 35.3. The summed E-state index contributed by atoms with van der Waals surface area (Å²) in [7, 11) is 0. The van der Waals surface area contributed by atoms with E-state index in [2.05, 4.69) is 46.3 Å². The molecule has 0 radical (unpaired) electrons. The normalized spacial score (nSPS) is 13.6. The molecule has 0 bridgehead atoms. The Balaban J connectivity index is 1.35. The van der Waals surface area contributed by atoms with E-state index in [1.54, 1.807) is 12.3 Å². The van der Waals surface area contributed by atoms with E-state index in [1.165, 1.54) is 0 Å². The zero-order valence-corrected chi connectivity index (χ0v) is 23.9. The molecular weight excluding hydrogens is 516 g/mol. The SMILES string of the molecule is Cc1c(NC(=O)c2ccc(C(C)(C)C)cc2)cccc1-c1c[nH]c(=O)c(Nc2ccc(N3CCOCC3)c(N)c2)n1. The van der Waals surface area contributed by atoms with E-state index in [0.29, 0.717) is 41.5 Å². The van der Waals surface area contributed by atoms with Crippen LogP contribution in [0.4, 0.5) is 28.6 Å². The Bertz CT molecular complexity index is 1620. The molecule has 41 heavy (non-hydrogen) atoms. The summed E-state index contributed by atoms with van der Waals surface area (Å²) in [6.07, 6.45) is 1.57. The fourth-order valence-corrected chi connectivity index (χ4v) is 4.85. The first-order valence-electron chi connectivity index (χ1n) is 13.7. The molecule has 1 aliphatic heterocycles.